The lowest BCUT2D eigenvalue weighted by Crippen LogP contribution is -2.32. The normalized spacial score (nSPS) is 12.9. The lowest BCUT2D eigenvalue weighted by molar-refractivity contribution is 0.393. The summed E-state index contributed by atoms with van der Waals surface area (Å²) in [6, 6.07) is 17.3. The van der Waals surface area contributed by atoms with Crippen LogP contribution in [0.5, 0.6) is 11.5 Å². The molecular weight excluding hydrogens is 741 g/mol. The summed E-state index contributed by atoms with van der Waals surface area (Å²) in [7, 11) is -8.01. The Kier molecular flexibility index (Phi) is 14.0. The molecule has 0 bridgehead atoms. The number of phenols is 2. The lowest BCUT2D eigenvalue weighted by Gasteiger charge is -2.28. The van der Waals surface area contributed by atoms with E-state index in [0.717, 1.165) is 46.2 Å². The van der Waals surface area contributed by atoms with Gasteiger partial charge in [0.15, 0.2) is 0 Å². The van der Waals surface area contributed by atoms with E-state index in [1.807, 2.05) is 95.2 Å². The molecule has 0 saturated carbocycles. The van der Waals surface area contributed by atoms with Crippen molar-refractivity contribution in [3.63, 3.8) is 0 Å². The molecule has 2 N–H and O–H groups in total. The summed E-state index contributed by atoms with van der Waals surface area (Å²) >= 11 is 0. The highest BCUT2D eigenvalue weighted by atomic mass is 32.2. The average Bonchev–Trinajstić information content (AvgIpc) is 3.13. The summed E-state index contributed by atoms with van der Waals surface area (Å²) in [5.74, 6) is 0.385. The first-order chi connectivity index (χ1) is 26.0. The fourth-order valence-electron chi connectivity index (χ4n) is 7.22. The third kappa shape index (κ3) is 9.69. The number of hydrogen-bond acceptors (Lipinski definition) is 6. The van der Waals surface area contributed by atoms with E-state index in [9.17, 15) is 27.0 Å². The molecule has 4 rings (SSSR count). The van der Waals surface area contributed by atoms with Crippen LogP contribution in [0.4, 0.5) is 0 Å². The molecule has 0 atom stereocenters. The van der Waals surface area contributed by atoms with E-state index in [-0.39, 0.29) is 45.2 Å². The summed E-state index contributed by atoms with van der Waals surface area (Å²) in [4.78, 5) is 0.221. The van der Waals surface area contributed by atoms with Gasteiger partial charge in [-0.15, -0.1) is 0 Å². The summed E-state index contributed by atoms with van der Waals surface area (Å²) < 4.78 is 60.8. The van der Waals surface area contributed by atoms with Crippen molar-refractivity contribution in [3.8, 4) is 22.6 Å². The molecule has 10 heteroatoms. The van der Waals surface area contributed by atoms with Crippen LogP contribution >= 0.6 is 0 Å². The molecule has 56 heavy (non-hydrogen) atoms. The predicted molar refractivity (Wildman–Crippen MR) is 229 cm³/mol. The van der Waals surface area contributed by atoms with Gasteiger partial charge in [0.2, 0.25) is 20.0 Å². The molecule has 0 fully saturated rings. The second-order valence-corrected chi connectivity index (χ2v) is 21.2. The van der Waals surface area contributed by atoms with Crippen LogP contribution in [0.2, 0.25) is 0 Å². The number of nitrogens with zero attached hydrogens (tertiary/aromatic N) is 2. The summed E-state index contributed by atoms with van der Waals surface area (Å²) in [5.41, 5.74) is 7.00. The first-order valence-corrected chi connectivity index (χ1v) is 22.7. The molecule has 4 aromatic carbocycles. The summed E-state index contributed by atoms with van der Waals surface area (Å²) in [6.45, 7) is 24.7. The lowest BCUT2D eigenvalue weighted by atomic mass is 9.82. The van der Waals surface area contributed by atoms with Crippen LogP contribution in [0.25, 0.3) is 11.1 Å². The number of unbranched alkanes of at least 4 members (excludes halogenated alkanes) is 2. The van der Waals surface area contributed by atoms with Crippen molar-refractivity contribution >= 4 is 20.0 Å². The first-order valence-electron chi connectivity index (χ1n) is 19.8. The second-order valence-electron chi connectivity index (χ2n) is 17.3. The molecule has 0 unspecified atom stereocenters. The molecule has 0 radical (unpaired) electrons. The zero-order valence-electron chi connectivity index (χ0n) is 35.7. The number of phenolic OH excluding ortho intramolecular Hbond substituents is 2. The fraction of sp³-hybridized carbons (Fsp3) is 0.478. The van der Waals surface area contributed by atoms with Crippen molar-refractivity contribution in [2.45, 2.75) is 142 Å². The van der Waals surface area contributed by atoms with Crippen molar-refractivity contribution < 1.29 is 27.0 Å². The third-order valence-electron chi connectivity index (χ3n) is 10.9. The van der Waals surface area contributed by atoms with E-state index in [2.05, 4.69) is 0 Å². The maximum Gasteiger partial charge on any atom is 0.243 e. The number of aromatic hydroxyl groups is 2. The Morgan fingerprint density at radius 1 is 0.554 bits per heavy atom. The Morgan fingerprint density at radius 2 is 0.893 bits per heavy atom. The topological polar surface area (TPSA) is 115 Å². The highest BCUT2D eigenvalue weighted by Crippen LogP contribution is 2.39. The highest BCUT2D eigenvalue weighted by Gasteiger charge is 2.30. The largest absolute Gasteiger partial charge is 0.507 e. The standard InChI is InChI=1S/C46H64N2O6S2/c1-13-15-23-47(29-39-31(3)25-41(45(7,8)9)43(49)33(39)5)55(51,52)37-21-17-19-35(27-37)36-20-18-22-38(28-36)56(53,54)48(24-16-14-2)30-40-32(4)26-42(46(10,11)12)44(50)34(40)6/h17-22,25-28,49-50H,13-16,23-24,29-30H2,1-12H3. The molecule has 0 aliphatic rings. The number of sulfonamides is 2. The van der Waals surface area contributed by atoms with Crippen molar-refractivity contribution in [1.82, 2.24) is 8.61 Å². The van der Waals surface area contributed by atoms with Crippen molar-refractivity contribution in [2.75, 3.05) is 13.1 Å². The minimum Gasteiger partial charge on any atom is -0.507 e. The number of rotatable bonds is 15. The molecule has 0 spiro atoms. The van der Waals surface area contributed by atoms with Crippen LogP contribution in [-0.4, -0.2) is 48.7 Å². The quantitative estimate of drug-likeness (QED) is 0.124. The van der Waals surface area contributed by atoms with E-state index >= 15 is 0 Å². The van der Waals surface area contributed by atoms with Crippen molar-refractivity contribution in [2.24, 2.45) is 0 Å². The SMILES string of the molecule is CCCCN(Cc1c(C)cc(C(C)(C)C)c(O)c1C)S(=O)(=O)c1cccc(-c2cccc(S(=O)(=O)N(CCCC)Cc3c(C)cc(C(C)(C)C)c(O)c3C)c2)c1. The minimum absolute atomic E-state index is 0.110. The van der Waals surface area contributed by atoms with Crippen LogP contribution in [0.15, 0.2) is 70.5 Å². The molecule has 4 aromatic rings. The van der Waals surface area contributed by atoms with E-state index < -0.39 is 20.0 Å². The molecule has 0 aromatic heterocycles. The van der Waals surface area contributed by atoms with Gasteiger partial charge in [-0.3, -0.25) is 0 Å². The van der Waals surface area contributed by atoms with E-state index in [4.69, 9.17) is 0 Å². The van der Waals surface area contributed by atoms with Gasteiger partial charge in [0.25, 0.3) is 0 Å². The Labute approximate surface area is 337 Å². The van der Waals surface area contributed by atoms with Gasteiger partial charge in [0, 0.05) is 26.2 Å². The smallest absolute Gasteiger partial charge is 0.243 e. The molecule has 0 aliphatic carbocycles. The van der Waals surface area contributed by atoms with Gasteiger partial charge < -0.3 is 10.2 Å². The maximum absolute atomic E-state index is 14.4. The van der Waals surface area contributed by atoms with Gasteiger partial charge >= 0.3 is 0 Å². The van der Waals surface area contributed by atoms with Gasteiger partial charge in [-0.25, -0.2) is 16.8 Å². The van der Waals surface area contributed by atoms with E-state index in [0.29, 0.717) is 48.2 Å². The molecule has 0 amide bonds. The van der Waals surface area contributed by atoms with Gasteiger partial charge in [-0.2, -0.15) is 8.61 Å². The molecule has 306 valence electrons. The van der Waals surface area contributed by atoms with Crippen molar-refractivity contribution in [1.29, 1.82) is 0 Å². The fourth-order valence-corrected chi connectivity index (χ4v) is 10.2. The molecule has 8 nitrogen and oxygen atoms in total. The second kappa shape index (κ2) is 17.4. The van der Waals surface area contributed by atoms with Crippen molar-refractivity contribution in [3.05, 3.63) is 105 Å². The zero-order valence-corrected chi connectivity index (χ0v) is 37.3. The van der Waals surface area contributed by atoms with Crippen LogP contribution < -0.4 is 0 Å². The van der Waals surface area contributed by atoms with Crippen LogP contribution in [0, 0.1) is 27.7 Å². The van der Waals surface area contributed by atoms with Crippen LogP contribution in [-0.2, 0) is 44.0 Å². The summed E-state index contributed by atoms with van der Waals surface area (Å²) in [6.07, 6.45) is 2.93. The van der Waals surface area contributed by atoms with Gasteiger partial charge in [-0.05, 0) is 131 Å². The zero-order chi connectivity index (χ0) is 42.0. The molecular formula is C46H64N2O6S2. The maximum atomic E-state index is 14.4. The van der Waals surface area contributed by atoms with E-state index in [1.54, 1.807) is 48.5 Å². The molecule has 0 aliphatic heterocycles. The van der Waals surface area contributed by atoms with Crippen LogP contribution in [0.3, 0.4) is 0 Å². The Hall–Kier alpha value is -3.70. The monoisotopic (exact) mass is 804 g/mol. The predicted octanol–water partition coefficient (Wildman–Crippen LogP) is 10.6. The van der Waals surface area contributed by atoms with E-state index in [1.165, 1.54) is 8.61 Å². The Morgan fingerprint density at radius 3 is 1.20 bits per heavy atom. The first kappa shape index (κ1) is 45.0. The van der Waals surface area contributed by atoms with Gasteiger partial charge in [0.05, 0.1) is 9.79 Å². The van der Waals surface area contributed by atoms with Gasteiger partial charge in [-0.1, -0.05) is 105 Å². The molecule has 0 heterocycles. The number of hydrogen-bond donors (Lipinski definition) is 2. The number of aryl methyl sites for hydroxylation is 2. The molecule has 0 saturated heterocycles. The minimum atomic E-state index is -4.00. The highest BCUT2D eigenvalue weighted by molar-refractivity contribution is 7.89. The third-order valence-corrected chi connectivity index (χ3v) is 14.6. The summed E-state index contributed by atoms with van der Waals surface area (Å²) in [5, 5.41) is 22.4. The average molecular weight is 805 g/mol. The Balaban J connectivity index is 1.73. The van der Waals surface area contributed by atoms with Crippen LogP contribution in [0.1, 0.15) is 126 Å². The van der Waals surface area contributed by atoms with Gasteiger partial charge in [0.1, 0.15) is 11.5 Å². The Bertz CT molecular complexity index is 2110. The number of benzene rings is 4.